The molecule has 19 heavy (non-hydrogen) atoms. The quantitative estimate of drug-likeness (QED) is 0.562. The van der Waals surface area contributed by atoms with Gasteiger partial charge in [-0.3, -0.25) is 10.1 Å². The van der Waals surface area contributed by atoms with E-state index in [-0.39, 0.29) is 24.2 Å². The van der Waals surface area contributed by atoms with Crippen LogP contribution in [0.2, 0.25) is 0 Å². The van der Waals surface area contributed by atoms with Gasteiger partial charge in [-0.15, -0.1) is 0 Å². The van der Waals surface area contributed by atoms with E-state index in [1.165, 1.54) is 0 Å². The molecule has 0 amide bonds. The van der Waals surface area contributed by atoms with Crippen LogP contribution in [0.5, 0.6) is 0 Å². The van der Waals surface area contributed by atoms with Crippen LogP contribution in [0, 0.1) is 10.1 Å². The highest BCUT2D eigenvalue weighted by atomic mass is 16.6. The van der Waals surface area contributed by atoms with Gasteiger partial charge in [0.25, 0.3) is 0 Å². The first kappa shape index (κ1) is 13.4. The van der Waals surface area contributed by atoms with Crippen molar-refractivity contribution in [2.45, 2.75) is 6.04 Å². The minimum atomic E-state index is -0.529. The number of nitro groups is 1. The Labute approximate surface area is 109 Å². The van der Waals surface area contributed by atoms with E-state index in [9.17, 15) is 15.2 Å². The van der Waals surface area contributed by atoms with Crippen molar-refractivity contribution in [3.05, 3.63) is 16.3 Å². The normalized spacial score (nSPS) is 19.3. The molecular weight excluding hydrogens is 254 g/mol. The SMILES string of the molecule is CNc1ncc([N+](=O)[O-])c(N2CCOCC2CO)n1. The van der Waals surface area contributed by atoms with Gasteiger partial charge in [0.2, 0.25) is 11.8 Å². The van der Waals surface area contributed by atoms with Crippen LogP contribution in [0.3, 0.4) is 0 Å². The second-order valence-electron chi connectivity index (χ2n) is 4.01. The molecule has 1 fully saturated rings. The first-order chi connectivity index (χ1) is 9.17. The van der Waals surface area contributed by atoms with Crippen molar-refractivity contribution in [2.75, 3.05) is 43.6 Å². The fourth-order valence-corrected chi connectivity index (χ4v) is 1.91. The third-order valence-corrected chi connectivity index (χ3v) is 2.88. The van der Waals surface area contributed by atoms with Gasteiger partial charge in [0.1, 0.15) is 6.20 Å². The highest BCUT2D eigenvalue weighted by Gasteiger charge is 2.30. The lowest BCUT2D eigenvalue weighted by molar-refractivity contribution is -0.384. The van der Waals surface area contributed by atoms with Gasteiger partial charge in [0.05, 0.1) is 30.8 Å². The molecule has 0 bridgehead atoms. The summed E-state index contributed by atoms with van der Waals surface area (Å²) in [6.45, 7) is 1.03. The zero-order valence-electron chi connectivity index (χ0n) is 10.4. The second-order valence-corrected chi connectivity index (χ2v) is 4.01. The summed E-state index contributed by atoms with van der Waals surface area (Å²) in [4.78, 5) is 20.2. The minimum Gasteiger partial charge on any atom is -0.394 e. The summed E-state index contributed by atoms with van der Waals surface area (Å²) in [5.74, 6) is 0.496. The monoisotopic (exact) mass is 269 g/mol. The number of anilines is 2. The maximum atomic E-state index is 11.0. The Bertz CT molecular complexity index is 469. The number of hydrogen-bond acceptors (Lipinski definition) is 8. The van der Waals surface area contributed by atoms with E-state index in [0.717, 1.165) is 6.20 Å². The second kappa shape index (κ2) is 5.76. The number of ether oxygens (including phenoxy) is 1. The predicted molar refractivity (Wildman–Crippen MR) is 67.3 cm³/mol. The Morgan fingerprint density at radius 1 is 1.74 bits per heavy atom. The zero-order chi connectivity index (χ0) is 13.8. The molecule has 9 heteroatoms. The van der Waals surface area contributed by atoms with E-state index in [0.29, 0.717) is 25.7 Å². The molecule has 0 aliphatic carbocycles. The van der Waals surface area contributed by atoms with E-state index in [1.807, 2.05) is 0 Å². The lowest BCUT2D eigenvalue weighted by Crippen LogP contribution is -2.48. The highest BCUT2D eigenvalue weighted by Crippen LogP contribution is 2.28. The molecule has 1 unspecified atom stereocenters. The van der Waals surface area contributed by atoms with Crippen LogP contribution >= 0.6 is 0 Å². The van der Waals surface area contributed by atoms with Crippen molar-refractivity contribution < 1.29 is 14.8 Å². The van der Waals surface area contributed by atoms with Crippen LogP contribution in [0.1, 0.15) is 0 Å². The third-order valence-electron chi connectivity index (χ3n) is 2.88. The number of aliphatic hydroxyl groups excluding tert-OH is 1. The van der Waals surface area contributed by atoms with E-state index >= 15 is 0 Å². The molecule has 1 aromatic heterocycles. The maximum absolute atomic E-state index is 11.0. The molecule has 2 N–H and O–H groups in total. The van der Waals surface area contributed by atoms with Gasteiger partial charge < -0.3 is 20.1 Å². The molecule has 1 aliphatic heterocycles. The largest absolute Gasteiger partial charge is 0.394 e. The summed E-state index contributed by atoms with van der Waals surface area (Å²) in [5.41, 5.74) is -0.181. The van der Waals surface area contributed by atoms with Crippen LogP contribution in [0.4, 0.5) is 17.5 Å². The first-order valence-electron chi connectivity index (χ1n) is 5.81. The molecule has 1 atom stereocenters. The van der Waals surface area contributed by atoms with Crippen molar-refractivity contribution in [1.82, 2.24) is 9.97 Å². The molecular formula is C10H15N5O4. The Balaban J connectivity index is 2.42. The molecule has 0 saturated carbocycles. The molecule has 0 aromatic carbocycles. The van der Waals surface area contributed by atoms with Crippen molar-refractivity contribution in [3.8, 4) is 0 Å². The number of nitrogens with zero attached hydrogens (tertiary/aromatic N) is 4. The average molecular weight is 269 g/mol. The van der Waals surface area contributed by atoms with Gasteiger partial charge in [-0.25, -0.2) is 4.98 Å². The van der Waals surface area contributed by atoms with Crippen molar-refractivity contribution >= 4 is 17.5 Å². The van der Waals surface area contributed by atoms with Crippen molar-refractivity contribution in [1.29, 1.82) is 0 Å². The molecule has 0 spiro atoms. The molecule has 2 rings (SSSR count). The lowest BCUT2D eigenvalue weighted by atomic mass is 10.2. The minimum absolute atomic E-state index is 0.157. The van der Waals surface area contributed by atoms with Crippen molar-refractivity contribution in [3.63, 3.8) is 0 Å². The zero-order valence-corrected chi connectivity index (χ0v) is 10.4. The van der Waals surface area contributed by atoms with Crippen LogP contribution in [-0.2, 0) is 4.74 Å². The Hall–Kier alpha value is -2.00. The number of aliphatic hydroxyl groups is 1. The first-order valence-corrected chi connectivity index (χ1v) is 5.81. The summed E-state index contributed by atoms with van der Waals surface area (Å²) in [5, 5.41) is 23.1. The lowest BCUT2D eigenvalue weighted by Gasteiger charge is -2.34. The molecule has 1 aromatic rings. The van der Waals surface area contributed by atoms with E-state index in [4.69, 9.17) is 4.74 Å². The van der Waals surface area contributed by atoms with Gasteiger partial charge in [0, 0.05) is 13.6 Å². The highest BCUT2D eigenvalue weighted by molar-refractivity contribution is 5.59. The van der Waals surface area contributed by atoms with E-state index in [1.54, 1.807) is 11.9 Å². The topological polar surface area (TPSA) is 114 Å². The standard InChI is InChI=1S/C10H15N5O4/c1-11-10-12-4-8(15(17)18)9(13-10)14-2-3-19-6-7(14)5-16/h4,7,16H,2-3,5-6H2,1H3,(H,11,12,13). The summed E-state index contributed by atoms with van der Waals surface area (Å²) in [6.07, 6.45) is 1.16. The Kier molecular flexibility index (Phi) is 4.07. The smallest absolute Gasteiger partial charge is 0.329 e. The molecule has 1 aliphatic rings. The fourth-order valence-electron chi connectivity index (χ4n) is 1.91. The van der Waals surface area contributed by atoms with Crippen LogP contribution < -0.4 is 10.2 Å². The van der Waals surface area contributed by atoms with E-state index < -0.39 is 4.92 Å². The molecule has 1 saturated heterocycles. The molecule has 2 heterocycles. The van der Waals surface area contributed by atoms with Crippen LogP contribution in [-0.4, -0.2) is 59.5 Å². The Morgan fingerprint density at radius 2 is 2.53 bits per heavy atom. The summed E-state index contributed by atoms with van der Waals surface area (Å²) in [7, 11) is 1.63. The Morgan fingerprint density at radius 3 is 3.16 bits per heavy atom. The predicted octanol–water partition coefficient (Wildman–Crippen LogP) is -0.376. The number of hydrogen-bond donors (Lipinski definition) is 2. The van der Waals surface area contributed by atoms with Crippen molar-refractivity contribution in [2.24, 2.45) is 0 Å². The molecule has 9 nitrogen and oxygen atoms in total. The van der Waals surface area contributed by atoms with Gasteiger partial charge >= 0.3 is 5.69 Å². The van der Waals surface area contributed by atoms with Gasteiger partial charge in [-0.05, 0) is 0 Å². The van der Waals surface area contributed by atoms with E-state index in [2.05, 4.69) is 15.3 Å². The third kappa shape index (κ3) is 2.71. The summed E-state index contributed by atoms with van der Waals surface area (Å²) in [6, 6.07) is -0.341. The summed E-state index contributed by atoms with van der Waals surface area (Å²) < 4.78 is 5.25. The molecule has 0 radical (unpaired) electrons. The van der Waals surface area contributed by atoms with Gasteiger partial charge in [0.15, 0.2) is 0 Å². The van der Waals surface area contributed by atoms with Crippen LogP contribution in [0.15, 0.2) is 6.20 Å². The van der Waals surface area contributed by atoms with Gasteiger partial charge in [-0.1, -0.05) is 0 Å². The molecule has 104 valence electrons. The fraction of sp³-hybridized carbons (Fsp3) is 0.600. The number of morpholine rings is 1. The van der Waals surface area contributed by atoms with Gasteiger partial charge in [-0.2, -0.15) is 4.98 Å². The number of rotatable bonds is 4. The van der Waals surface area contributed by atoms with Crippen LogP contribution in [0.25, 0.3) is 0 Å². The number of nitrogens with one attached hydrogen (secondary N) is 1. The maximum Gasteiger partial charge on any atom is 0.329 e. The average Bonchev–Trinajstić information content (AvgIpc) is 2.46. The summed E-state index contributed by atoms with van der Waals surface area (Å²) >= 11 is 0. The number of aromatic nitrogens is 2.